The normalized spacial score (nSPS) is 12.4. The summed E-state index contributed by atoms with van der Waals surface area (Å²) in [6.45, 7) is 5.68. The lowest BCUT2D eigenvalue weighted by atomic mass is 10.2. The van der Waals surface area contributed by atoms with Gasteiger partial charge in [-0.15, -0.1) is 0 Å². The van der Waals surface area contributed by atoms with Crippen LogP contribution < -0.4 is 10.1 Å². The van der Waals surface area contributed by atoms with E-state index >= 15 is 0 Å². The molecule has 0 saturated carbocycles. The highest BCUT2D eigenvalue weighted by Gasteiger charge is 2.05. The first-order valence-electron chi connectivity index (χ1n) is 5.84. The van der Waals surface area contributed by atoms with Crippen LogP contribution in [0.2, 0.25) is 0 Å². The number of aliphatic hydroxyl groups excluding tert-OH is 1. The number of aliphatic hydroxyl groups is 1. The minimum atomic E-state index is 0.161. The molecule has 2 N–H and O–H groups in total. The molecule has 0 aliphatic carbocycles. The Balaban J connectivity index is 2.60. The number of hydrogen-bond acceptors (Lipinski definition) is 3. The zero-order chi connectivity index (χ0) is 11.8. The Morgan fingerprint density at radius 1 is 1.38 bits per heavy atom. The van der Waals surface area contributed by atoms with Gasteiger partial charge in [0.1, 0.15) is 5.75 Å². The van der Waals surface area contributed by atoms with Crippen LogP contribution in [-0.2, 0) is 6.54 Å². The average Bonchev–Trinajstić information content (AvgIpc) is 2.31. The number of nitrogens with one attached hydrogen (secondary N) is 1. The molecular weight excluding hydrogens is 202 g/mol. The summed E-state index contributed by atoms with van der Waals surface area (Å²) in [6.07, 6.45) is 1.23. The molecule has 0 fully saturated rings. The van der Waals surface area contributed by atoms with Crippen molar-refractivity contribution in [1.29, 1.82) is 0 Å². The number of benzene rings is 1. The van der Waals surface area contributed by atoms with Gasteiger partial charge in [0, 0.05) is 18.7 Å². The van der Waals surface area contributed by atoms with Gasteiger partial charge in [-0.1, -0.05) is 25.1 Å². The van der Waals surface area contributed by atoms with E-state index in [-0.39, 0.29) is 12.7 Å². The third-order valence-corrected chi connectivity index (χ3v) is 2.48. The van der Waals surface area contributed by atoms with Crippen molar-refractivity contribution < 1.29 is 9.84 Å². The second-order valence-electron chi connectivity index (χ2n) is 3.84. The van der Waals surface area contributed by atoms with Gasteiger partial charge in [0.15, 0.2) is 0 Å². The molecule has 0 heterocycles. The summed E-state index contributed by atoms with van der Waals surface area (Å²) in [6, 6.07) is 8.01. The van der Waals surface area contributed by atoms with Gasteiger partial charge < -0.3 is 15.2 Å². The molecule has 1 aromatic rings. The topological polar surface area (TPSA) is 41.5 Å². The SMILES string of the molecule is CCC(C)Oc1ccccc1CNCCO. The van der Waals surface area contributed by atoms with Gasteiger partial charge in [0.25, 0.3) is 0 Å². The van der Waals surface area contributed by atoms with Gasteiger partial charge in [-0.3, -0.25) is 0 Å². The molecule has 0 aliphatic rings. The maximum Gasteiger partial charge on any atom is 0.124 e. The van der Waals surface area contributed by atoms with Crippen molar-refractivity contribution in [3.63, 3.8) is 0 Å². The van der Waals surface area contributed by atoms with Crippen LogP contribution >= 0.6 is 0 Å². The fourth-order valence-corrected chi connectivity index (χ4v) is 1.37. The minimum absolute atomic E-state index is 0.161. The summed E-state index contributed by atoms with van der Waals surface area (Å²) in [5.41, 5.74) is 1.14. The highest BCUT2D eigenvalue weighted by molar-refractivity contribution is 5.33. The van der Waals surface area contributed by atoms with Crippen molar-refractivity contribution in [2.45, 2.75) is 32.9 Å². The van der Waals surface area contributed by atoms with Crippen LogP contribution in [0, 0.1) is 0 Å². The molecule has 0 aromatic heterocycles. The molecule has 90 valence electrons. The predicted molar refractivity (Wildman–Crippen MR) is 65.6 cm³/mol. The van der Waals surface area contributed by atoms with E-state index in [0.717, 1.165) is 24.3 Å². The largest absolute Gasteiger partial charge is 0.490 e. The Bertz CT molecular complexity index is 302. The molecule has 16 heavy (non-hydrogen) atoms. The number of hydrogen-bond donors (Lipinski definition) is 2. The van der Waals surface area contributed by atoms with E-state index in [1.54, 1.807) is 0 Å². The van der Waals surface area contributed by atoms with Crippen LogP contribution in [0.3, 0.4) is 0 Å². The van der Waals surface area contributed by atoms with Crippen molar-refractivity contribution >= 4 is 0 Å². The van der Waals surface area contributed by atoms with Crippen LogP contribution in [-0.4, -0.2) is 24.4 Å². The number of ether oxygens (including phenoxy) is 1. The molecule has 0 radical (unpaired) electrons. The highest BCUT2D eigenvalue weighted by atomic mass is 16.5. The molecule has 1 rings (SSSR count). The molecule has 1 unspecified atom stereocenters. The molecule has 0 amide bonds. The van der Waals surface area contributed by atoms with E-state index in [1.807, 2.05) is 24.3 Å². The Labute approximate surface area is 97.4 Å². The van der Waals surface area contributed by atoms with E-state index in [9.17, 15) is 0 Å². The molecular formula is C13H21NO2. The van der Waals surface area contributed by atoms with Crippen molar-refractivity contribution in [1.82, 2.24) is 5.32 Å². The zero-order valence-corrected chi connectivity index (χ0v) is 10.1. The van der Waals surface area contributed by atoms with E-state index in [1.165, 1.54) is 0 Å². The maximum atomic E-state index is 8.70. The Morgan fingerprint density at radius 3 is 2.81 bits per heavy atom. The van der Waals surface area contributed by atoms with Crippen LogP contribution in [0.5, 0.6) is 5.75 Å². The number of para-hydroxylation sites is 1. The average molecular weight is 223 g/mol. The van der Waals surface area contributed by atoms with Crippen LogP contribution in [0.1, 0.15) is 25.8 Å². The third kappa shape index (κ3) is 4.21. The summed E-state index contributed by atoms with van der Waals surface area (Å²) in [4.78, 5) is 0. The first kappa shape index (κ1) is 13.0. The lowest BCUT2D eigenvalue weighted by Gasteiger charge is -2.16. The fraction of sp³-hybridized carbons (Fsp3) is 0.538. The van der Waals surface area contributed by atoms with E-state index in [2.05, 4.69) is 19.2 Å². The summed E-state index contributed by atoms with van der Waals surface area (Å²) >= 11 is 0. The van der Waals surface area contributed by atoms with Gasteiger partial charge in [-0.05, 0) is 19.4 Å². The second kappa shape index (κ2) is 7.25. The maximum absolute atomic E-state index is 8.70. The molecule has 0 saturated heterocycles. The van der Waals surface area contributed by atoms with Crippen LogP contribution in [0.25, 0.3) is 0 Å². The quantitative estimate of drug-likeness (QED) is 0.694. The van der Waals surface area contributed by atoms with Crippen molar-refractivity contribution in [2.75, 3.05) is 13.2 Å². The molecule has 3 heteroatoms. The van der Waals surface area contributed by atoms with Crippen molar-refractivity contribution in [2.24, 2.45) is 0 Å². The summed E-state index contributed by atoms with van der Waals surface area (Å²) in [5.74, 6) is 0.933. The summed E-state index contributed by atoms with van der Waals surface area (Å²) < 4.78 is 5.82. The van der Waals surface area contributed by atoms with Gasteiger partial charge in [0.2, 0.25) is 0 Å². The Kier molecular flexibility index (Phi) is 5.90. The fourth-order valence-electron chi connectivity index (χ4n) is 1.37. The predicted octanol–water partition coefficient (Wildman–Crippen LogP) is 1.95. The van der Waals surface area contributed by atoms with E-state index in [4.69, 9.17) is 9.84 Å². The highest BCUT2D eigenvalue weighted by Crippen LogP contribution is 2.19. The first-order chi connectivity index (χ1) is 7.77. The van der Waals surface area contributed by atoms with Gasteiger partial charge >= 0.3 is 0 Å². The Morgan fingerprint density at radius 2 is 2.12 bits per heavy atom. The molecule has 1 atom stereocenters. The molecule has 0 bridgehead atoms. The van der Waals surface area contributed by atoms with E-state index in [0.29, 0.717) is 6.54 Å². The monoisotopic (exact) mass is 223 g/mol. The van der Waals surface area contributed by atoms with Crippen molar-refractivity contribution in [3.8, 4) is 5.75 Å². The number of rotatable bonds is 7. The van der Waals surface area contributed by atoms with Crippen LogP contribution in [0.4, 0.5) is 0 Å². The van der Waals surface area contributed by atoms with E-state index < -0.39 is 0 Å². The molecule has 1 aromatic carbocycles. The third-order valence-electron chi connectivity index (χ3n) is 2.48. The smallest absolute Gasteiger partial charge is 0.124 e. The minimum Gasteiger partial charge on any atom is -0.490 e. The van der Waals surface area contributed by atoms with Gasteiger partial charge in [-0.25, -0.2) is 0 Å². The molecule has 0 spiro atoms. The Hall–Kier alpha value is -1.06. The van der Waals surface area contributed by atoms with Gasteiger partial charge in [-0.2, -0.15) is 0 Å². The van der Waals surface area contributed by atoms with Gasteiger partial charge in [0.05, 0.1) is 12.7 Å². The zero-order valence-electron chi connectivity index (χ0n) is 10.1. The van der Waals surface area contributed by atoms with Crippen LogP contribution in [0.15, 0.2) is 24.3 Å². The summed E-state index contributed by atoms with van der Waals surface area (Å²) in [5, 5.41) is 11.9. The first-order valence-corrected chi connectivity index (χ1v) is 5.84. The summed E-state index contributed by atoms with van der Waals surface area (Å²) in [7, 11) is 0. The van der Waals surface area contributed by atoms with Crippen molar-refractivity contribution in [3.05, 3.63) is 29.8 Å². The lowest BCUT2D eigenvalue weighted by Crippen LogP contribution is -2.19. The molecule has 3 nitrogen and oxygen atoms in total. The lowest BCUT2D eigenvalue weighted by molar-refractivity contribution is 0.214. The standard InChI is InChI=1S/C13H21NO2/c1-3-11(2)16-13-7-5-4-6-12(13)10-14-8-9-15/h4-7,11,14-15H,3,8-10H2,1-2H3. The molecule has 0 aliphatic heterocycles. The second-order valence-corrected chi connectivity index (χ2v) is 3.84.